The van der Waals surface area contributed by atoms with E-state index in [0.717, 1.165) is 23.5 Å². The van der Waals surface area contributed by atoms with Crippen LogP contribution in [0, 0.1) is 10.5 Å². The lowest BCUT2D eigenvalue weighted by Gasteiger charge is -2.27. The minimum Gasteiger partial charge on any atom is -0.478 e. The van der Waals surface area contributed by atoms with Crippen molar-refractivity contribution < 1.29 is 9.90 Å². The molecule has 1 atom stereocenters. The largest absolute Gasteiger partial charge is 0.478 e. The van der Waals surface area contributed by atoms with Gasteiger partial charge < -0.3 is 10.0 Å². The highest BCUT2D eigenvalue weighted by Crippen LogP contribution is 2.32. The number of aromatic carboxylic acids is 1. The van der Waals surface area contributed by atoms with E-state index >= 15 is 0 Å². The van der Waals surface area contributed by atoms with Gasteiger partial charge in [0.15, 0.2) is 5.82 Å². The summed E-state index contributed by atoms with van der Waals surface area (Å²) in [6.07, 6.45) is 0.967. The van der Waals surface area contributed by atoms with Gasteiger partial charge >= 0.3 is 5.97 Å². The zero-order valence-corrected chi connectivity index (χ0v) is 18.7. The number of nitrogens with zero attached hydrogens (tertiary/aromatic N) is 3. The van der Waals surface area contributed by atoms with Crippen molar-refractivity contribution in [1.82, 2.24) is 9.97 Å². The minimum absolute atomic E-state index is 0.214. The number of hydrogen-bond acceptors (Lipinski definition) is 4. The minimum atomic E-state index is -0.966. The lowest BCUT2D eigenvalue weighted by molar-refractivity contribution is 0.0697. The monoisotopic (exact) mass is 489 g/mol. The van der Waals surface area contributed by atoms with E-state index < -0.39 is 5.97 Å². The highest BCUT2D eigenvalue weighted by Gasteiger charge is 2.19. The first-order valence-corrected chi connectivity index (χ1v) is 11.7. The van der Waals surface area contributed by atoms with Crippen LogP contribution in [0.25, 0.3) is 22.3 Å². The average Bonchev–Trinajstić information content (AvgIpc) is 2.71. The van der Waals surface area contributed by atoms with E-state index in [0.29, 0.717) is 11.0 Å². The van der Waals surface area contributed by atoms with Crippen LogP contribution in [0.2, 0.25) is 0 Å². The molecule has 28 heavy (non-hydrogen) atoms. The van der Waals surface area contributed by atoms with Crippen molar-refractivity contribution in [1.29, 1.82) is 0 Å². The number of aromatic nitrogens is 2. The molecule has 1 unspecified atom stereocenters. The molecule has 1 heterocycles. The lowest BCUT2D eigenvalue weighted by Crippen LogP contribution is -2.29. The van der Waals surface area contributed by atoms with Gasteiger partial charge in [-0.2, -0.15) is 0 Å². The Kier molecular flexibility index (Phi) is 6.07. The van der Waals surface area contributed by atoms with E-state index in [1.165, 1.54) is 9.13 Å². The summed E-state index contributed by atoms with van der Waals surface area (Å²) in [4.78, 5) is 23.2. The van der Waals surface area contributed by atoms with Crippen molar-refractivity contribution in [2.45, 2.75) is 33.2 Å². The molecule has 1 N–H and O–H groups in total. The van der Waals surface area contributed by atoms with E-state index in [4.69, 9.17) is 9.97 Å². The molecule has 2 aromatic carbocycles. The van der Waals surface area contributed by atoms with E-state index in [1.807, 2.05) is 7.05 Å². The molecule has 0 aliphatic heterocycles. The number of fused-ring (bicyclic) bond motifs is 1. The Morgan fingerprint density at radius 1 is 1.21 bits per heavy atom. The second kappa shape index (κ2) is 8.34. The molecule has 1 aromatic heterocycles. The fraction of sp³-hybridized carbons (Fsp3) is 0.273. The molecule has 0 saturated heterocycles. The first kappa shape index (κ1) is 20.4. The molecule has 6 heteroatoms. The van der Waals surface area contributed by atoms with Crippen molar-refractivity contribution in [2.75, 3.05) is 11.9 Å². The van der Waals surface area contributed by atoms with Crippen LogP contribution in [0.1, 0.15) is 36.2 Å². The molecule has 5 nitrogen and oxygen atoms in total. The average molecular weight is 489 g/mol. The first-order valence-electron chi connectivity index (χ1n) is 9.13. The molecular formula is C22H24IN3O2. The van der Waals surface area contributed by atoms with Crippen LogP contribution in [0.3, 0.4) is 0 Å². The van der Waals surface area contributed by atoms with Crippen LogP contribution in [0.5, 0.6) is 0 Å². The number of benzene rings is 2. The molecule has 0 bridgehead atoms. The normalized spacial score (nSPS) is 12.1. The summed E-state index contributed by atoms with van der Waals surface area (Å²) in [5.41, 5.74) is 4.58. The molecule has 146 valence electrons. The zero-order chi connectivity index (χ0) is 20.4. The summed E-state index contributed by atoms with van der Waals surface area (Å²) in [5, 5.41) is 9.30. The quantitative estimate of drug-likeness (QED) is 0.488. The van der Waals surface area contributed by atoms with E-state index in [2.05, 4.69) is 48.4 Å². The number of rotatable bonds is 6. The number of hydrogen-bond donors (Lipinski definition) is 1. The molecule has 0 aliphatic rings. The number of carbonyl (C=O) groups is 1. The van der Waals surface area contributed by atoms with E-state index in [9.17, 15) is 9.90 Å². The molecular weight excluding hydrogens is 465 g/mol. The second-order valence-electron chi connectivity index (χ2n) is 6.87. The molecule has 0 spiro atoms. The Labute approximate surface area is 175 Å². The van der Waals surface area contributed by atoms with Gasteiger partial charge in [-0.25, -0.2) is 14.8 Å². The molecule has 0 amide bonds. The highest BCUT2D eigenvalue weighted by molar-refractivity contribution is 14.2. The topological polar surface area (TPSA) is 66.3 Å². The Hall–Kier alpha value is -2.35. The number of aryl methyl sites for hydroxylation is 1. The molecule has 0 fully saturated rings. The van der Waals surface area contributed by atoms with Crippen LogP contribution in [0.15, 0.2) is 36.4 Å². The number of anilines is 1. The summed E-state index contributed by atoms with van der Waals surface area (Å²) in [6, 6.07) is 11.5. The van der Waals surface area contributed by atoms with Gasteiger partial charge in [-0.1, -0.05) is 44.3 Å². The SMILES string of the molecule is C=Ic1cc(-c2nc3ccc(C(=O)O)cc3nc2N(C)C(C)CC)ccc1C. The van der Waals surface area contributed by atoms with Crippen LogP contribution in [-0.2, 0) is 0 Å². The third-order valence-electron chi connectivity index (χ3n) is 5.07. The van der Waals surface area contributed by atoms with E-state index in [1.54, 1.807) is 18.2 Å². The predicted molar refractivity (Wildman–Crippen MR) is 125 cm³/mol. The fourth-order valence-corrected chi connectivity index (χ4v) is 4.32. The Morgan fingerprint density at radius 3 is 2.61 bits per heavy atom. The standard InChI is InChI=1S/C22H24IN3O2/c1-6-14(3)26(5)21-20(15-8-7-13(2)17(11-15)23-4)24-18-10-9-16(22(27)28)12-19(18)25-21/h7-12,14H,4,6H2,1-3,5H3,(H,27,28). The molecule has 0 saturated carbocycles. The van der Waals surface area contributed by atoms with Crippen LogP contribution in [0.4, 0.5) is 5.82 Å². The second-order valence-corrected chi connectivity index (χ2v) is 8.80. The van der Waals surface area contributed by atoms with Crippen LogP contribution in [-0.4, -0.2) is 38.6 Å². The van der Waals surface area contributed by atoms with Crippen molar-refractivity contribution in [3.05, 3.63) is 51.1 Å². The number of halogens is 1. The van der Waals surface area contributed by atoms with Crippen molar-refractivity contribution in [2.24, 2.45) is 0 Å². The van der Waals surface area contributed by atoms with Gasteiger partial charge in [0, 0.05) is 22.2 Å². The maximum Gasteiger partial charge on any atom is 0.335 e. The van der Waals surface area contributed by atoms with Gasteiger partial charge in [-0.3, -0.25) is 0 Å². The molecule has 3 aromatic rings. The smallest absolute Gasteiger partial charge is 0.335 e. The summed E-state index contributed by atoms with van der Waals surface area (Å²) in [7, 11) is 2.01. The Morgan fingerprint density at radius 2 is 1.96 bits per heavy atom. The molecule has 0 radical (unpaired) electrons. The van der Waals surface area contributed by atoms with Gasteiger partial charge in [-0.05, 0) is 50.1 Å². The van der Waals surface area contributed by atoms with Crippen LogP contribution < -0.4 is 4.90 Å². The third kappa shape index (κ3) is 3.92. The Balaban J connectivity index is 2.28. The van der Waals surface area contributed by atoms with Gasteiger partial charge in [-0.15, -0.1) is 0 Å². The lowest BCUT2D eigenvalue weighted by atomic mass is 10.1. The Bertz CT molecular complexity index is 1070. The van der Waals surface area contributed by atoms with Gasteiger partial charge in [0.05, 0.1) is 16.6 Å². The van der Waals surface area contributed by atoms with E-state index in [-0.39, 0.29) is 32.3 Å². The van der Waals surface area contributed by atoms with Gasteiger partial charge in [0.25, 0.3) is 0 Å². The zero-order valence-electron chi connectivity index (χ0n) is 16.5. The molecule has 3 rings (SSSR count). The molecule has 0 aliphatic carbocycles. The van der Waals surface area contributed by atoms with Crippen molar-refractivity contribution >= 4 is 48.1 Å². The maximum absolute atomic E-state index is 11.3. The number of carboxylic acids is 1. The van der Waals surface area contributed by atoms with Gasteiger partial charge in [0.2, 0.25) is 0 Å². The summed E-state index contributed by atoms with van der Waals surface area (Å²) in [6.45, 7) is 6.38. The summed E-state index contributed by atoms with van der Waals surface area (Å²) < 4.78 is 5.42. The first-order chi connectivity index (χ1) is 13.3. The number of carboxylic acid groups (broad SMARTS) is 1. The van der Waals surface area contributed by atoms with Crippen molar-refractivity contribution in [3.63, 3.8) is 0 Å². The maximum atomic E-state index is 11.3. The predicted octanol–water partition coefficient (Wildman–Crippen LogP) is 5.11. The third-order valence-corrected chi connectivity index (χ3v) is 7.05. The summed E-state index contributed by atoms with van der Waals surface area (Å²) >= 11 is -0.287. The van der Waals surface area contributed by atoms with Crippen molar-refractivity contribution in [3.8, 4) is 11.3 Å². The highest BCUT2D eigenvalue weighted by atomic mass is 127. The van der Waals surface area contributed by atoms with Gasteiger partial charge in [0.1, 0.15) is 5.69 Å². The fourth-order valence-electron chi connectivity index (χ4n) is 2.98. The summed E-state index contributed by atoms with van der Waals surface area (Å²) in [5.74, 6) is -0.200. The van der Waals surface area contributed by atoms with Crippen LogP contribution >= 0.6 is 20.7 Å².